The second-order valence-corrected chi connectivity index (χ2v) is 7.86. The lowest BCUT2D eigenvalue weighted by Crippen LogP contribution is -2.28. The van der Waals surface area contributed by atoms with Gasteiger partial charge in [0.2, 0.25) is 0 Å². The second-order valence-electron chi connectivity index (χ2n) is 7.86. The first-order valence-electron chi connectivity index (χ1n) is 10.8. The number of benzene rings is 2. The number of anilines is 1. The molecule has 0 amide bonds. The van der Waals surface area contributed by atoms with Gasteiger partial charge in [0.25, 0.3) is 0 Å². The largest absolute Gasteiger partial charge is 0.490 e. The number of nitrogens with zero attached hydrogens (tertiary/aromatic N) is 5. The molecule has 3 heterocycles. The molecule has 0 bridgehead atoms. The monoisotopic (exact) mass is 462 g/mol. The van der Waals surface area contributed by atoms with Crippen molar-refractivity contribution in [2.24, 2.45) is 0 Å². The van der Waals surface area contributed by atoms with E-state index in [1.807, 2.05) is 6.07 Å². The van der Waals surface area contributed by atoms with Crippen molar-refractivity contribution in [3.63, 3.8) is 0 Å². The van der Waals surface area contributed by atoms with E-state index in [0.29, 0.717) is 47.6 Å². The number of H-pyrrole nitrogens is 1. The number of methoxy groups -OCH3 is 1. The van der Waals surface area contributed by atoms with Gasteiger partial charge in [0.1, 0.15) is 11.5 Å². The van der Waals surface area contributed by atoms with Crippen LogP contribution in [-0.2, 0) is 4.74 Å². The Balaban J connectivity index is 1.57. The number of pyridine rings is 1. The van der Waals surface area contributed by atoms with E-state index in [1.165, 1.54) is 23.9 Å². The van der Waals surface area contributed by atoms with Gasteiger partial charge in [-0.1, -0.05) is 17.3 Å². The van der Waals surface area contributed by atoms with E-state index in [2.05, 4.69) is 20.2 Å². The lowest BCUT2D eigenvalue weighted by Gasteiger charge is -2.22. The summed E-state index contributed by atoms with van der Waals surface area (Å²) in [5.74, 6) is 0.890. The molecule has 0 spiro atoms. The molecule has 1 aliphatic rings. The summed E-state index contributed by atoms with van der Waals surface area (Å²) in [6.45, 7) is 2.78. The predicted octanol–water partition coefficient (Wildman–Crippen LogP) is 2.92. The minimum atomic E-state index is -0.509. The molecule has 0 radical (unpaired) electrons. The fourth-order valence-corrected chi connectivity index (χ4v) is 4.11. The van der Waals surface area contributed by atoms with E-state index in [9.17, 15) is 14.9 Å². The maximum atomic E-state index is 12.9. The molecule has 11 heteroatoms. The Morgan fingerprint density at radius 2 is 2.06 bits per heavy atom. The van der Waals surface area contributed by atoms with Gasteiger partial charge in [0.15, 0.2) is 11.2 Å². The summed E-state index contributed by atoms with van der Waals surface area (Å²) in [7, 11) is 1.38. The number of ether oxygens (including phenoxy) is 2. The highest BCUT2D eigenvalue weighted by Gasteiger charge is 2.18. The van der Waals surface area contributed by atoms with E-state index < -0.39 is 4.92 Å². The second kappa shape index (κ2) is 8.94. The molecule has 0 unspecified atom stereocenters. The summed E-state index contributed by atoms with van der Waals surface area (Å²) in [5.41, 5.74) is 2.09. The van der Waals surface area contributed by atoms with Crippen LogP contribution in [-0.4, -0.2) is 58.3 Å². The minimum Gasteiger partial charge on any atom is -0.490 e. The van der Waals surface area contributed by atoms with E-state index >= 15 is 0 Å². The van der Waals surface area contributed by atoms with Crippen LogP contribution in [0.4, 0.5) is 11.5 Å². The van der Waals surface area contributed by atoms with Gasteiger partial charge in [-0.3, -0.25) is 14.9 Å². The summed E-state index contributed by atoms with van der Waals surface area (Å²) in [4.78, 5) is 29.3. The van der Waals surface area contributed by atoms with Crippen LogP contribution in [0.2, 0.25) is 0 Å². The average molecular weight is 462 g/mol. The van der Waals surface area contributed by atoms with Gasteiger partial charge < -0.3 is 19.4 Å². The molecule has 0 saturated carbocycles. The quantitative estimate of drug-likeness (QED) is 0.354. The highest BCUT2D eigenvalue weighted by molar-refractivity contribution is 5.93. The summed E-state index contributed by atoms with van der Waals surface area (Å²) in [6.07, 6.45) is 2.55. The molecular formula is C23H22N6O5. The van der Waals surface area contributed by atoms with E-state index in [4.69, 9.17) is 9.47 Å². The predicted molar refractivity (Wildman–Crippen MR) is 126 cm³/mol. The molecule has 34 heavy (non-hydrogen) atoms. The van der Waals surface area contributed by atoms with Crippen molar-refractivity contribution in [1.29, 1.82) is 0 Å². The highest BCUT2D eigenvalue weighted by atomic mass is 16.6. The fourth-order valence-electron chi connectivity index (χ4n) is 4.11. The average Bonchev–Trinajstić information content (AvgIpc) is 3.18. The van der Waals surface area contributed by atoms with Crippen molar-refractivity contribution < 1.29 is 14.4 Å². The number of hydrogen-bond donors (Lipinski definition) is 1. The van der Waals surface area contributed by atoms with E-state index in [0.717, 1.165) is 18.8 Å². The number of hydrogen-bond acceptors (Lipinski definition) is 8. The Morgan fingerprint density at radius 3 is 2.88 bits per heavy atom. The van der Waals surface area contributed by atoms with Crippen LogP contribution in [0.1, 0.15) is 6.42 Å². The first-order valence-corrected chi connectivity index (χ1v) is 10.8. The molecule has 5 rings (SSSR count). The van der Waals surface area contributed by atoms with E-state index in [-0.39, 0.29) is 16.9 Å². The Morgan fingerprint density at radius 1 is 1.18 bits per heavy atom. The fraction of sp³-hybridized carbons (Fsp3) is 0.261. The molecule has 11 nitrogen and oxygen atoms in total. The summed E-state index contributed by atoms with van der Waals surface area (Å²) < 4.78 is 12.1. The number of rotatable bonds is 5. The third kappa shape index (κ3) is 3.97. The molecule has 4 aromatic rings. The van der Waals surface area contributed by atoms with Crippen LogP contribution in [0.5, 0.6) is 5.75 Å². The maximum absolute atomic E-state index is 12.9. The van der Waals surface area contributed by atoms with Crippen molar-refractivity contribution in [3.8, 4) is 22.7 Å². The van der Waals surface area contributed by atoms with Gasteiger partial charge in [0, 0.05) is 42.8 Å². The molecule has 0 atom stereocenters. The normalized spacial score (nSPS) is 14.2. The van der Waals surface area contributed by atoms with Crippen molar-refractivity contribution in [3.05, 3.63) is 69.0 Å². The lowest BCUT2D eigenvalue weighted by atomic mass is 10.1. The van der Waals surface area contributed by atoms with Gasteiger partial charge in [0.05, 0.1) is 36.0 Å². The van der Waals surface area contributed by atoms with E-state index in [1.54, 1.807) is 30.5 Å². The smallest absolute Gasteiger partial charge is 0.313 e. The summed E-state index contributed by atoms with van der Waals surface area (Å²) in [5, 5.41) is 20.4. The van der Waals surface area contributed by atoms with Gasteiger partial charge >= 0.3 is 5.69 Å². The van der Waals surface area contributed by atoms with Crippen molar-refractivity contribution in [2.75, 3.05) is 38.3 Å². The summed E-state index contributed by atoms with van der Waals surface area (Å²) in [6, 6.07) is 11.6. The highest BCUT2D eigenvalue weighted by Crippen LogP contribution is 2.30. The van der Waals surface area contributed by atoms with Gasteiger partial charge in [-0.25, -0.2) is 4.68 Å². The van der Waals surface area contributed by atoms with Gasteiger partial charge in [-0.05, 0) is 24.6 Å². The first-order chi connectivity index (χ1) is 16.5. The number of nitrogens with one attached hydrogen (secondary N) is 1. The number of aromatic nitrogens is 4. The Hall–Kier alpha value is -4.25. The van der Waals surface area contributed by atoms with Crippen LogP contribution in [0.15, 0.2) is 53.5 Å². The number of nitro groups is 1. The lowest BCUT2D eigenvalue weighted by molar-refractivity contribution is -0.385. The zero-order valence-electron chi connectivity index (χ0n) is 18.4. The molecule has 2 aromatic carbocycles. The summed E-state index contributed by atoms with van der Waals surface area (Å²) >= 11 is 0. The van der Waals surface area contributed by atoms with Crippen LogP contribution in [0.25, 0.3) is 27.8 Å². The Kier molecular flexibility index (Phi) is 5.68. The molecule has 1 fully saturated rings. The number of aromatic amines is 1. The van der Waals surface area contributed by atoms with Crippen molar-refractivity contribution >= 4 is 22.4 Å². The SMILES string of the molecule is COc1ccc(-n2cc(-c3cccc4c(=O)cc(N5CCCOCC5)[nH]c34)nn2)cc1[N+](=O)[O-]. The molecular weight excluding hydrogens is 440 g/mol. The number of para-hydroxylation sites is 1. The third-order valence-corrected chi connectivity index (χ3v) is 5.81. The zero-order valence-corrected chi connectivity index (χ0v) is 18.4. The van der Waals surface area contributed by atoms with Crippen LogP contribution in [0, 0.1) is 10.1 Å². The van der Waals surface area contributed by atoms with Gasteiger partial charge in [-0.2, -0.15) is 0 Å². The Bertz CT molecular complexity index is 1420. The molecule has 1 aliphatic heterocycles. The maximum Gasteiger partial charge on any atom is 0.313 e. The molecule has 2 aromatic heterocycles. The third-order valence-electron chi connectivity index (χ3n) is 5.81. The molecule has 1 saturated heterocycles. The minimum absolute atomic E-state index is 0.0889. The standard InChI is InChI=1S/C23H22N6O5/c1-33-21-7-6-15(12-19(21)29(31)32)28-14-18(25-26-28)16-4-2-5-17-20(30)13-22(24-23(16)17)27-8-3-10-34-11-9-27/h2,4-7,12-14H,3,8-11H2,1H3,(H,24,30). The Labute approximate surface area is 193 Å². The first kappa shape index (κ1) is 21.6. The van der Waals surface area contributed by atoms with Crippen LogP contribution in [0.3, 0.4) is 0 Å². The number of fused-ring (bicyclic) bond motifs is 1. The topological polar surface area (TPSA) is 128 Å². The molecule has 0 aliphatic carbocycles. The van der Waals surface area contributed by atoms with Crippen molar-refractivity contribution in [2.45, 2.75) is 6.42 Å². The van der Waals surface area contributed by atoms with Crippen molar-refractivity contribution in [1.82, 2.24) is 20.0 Å². The molecule has 1 N–H and O–H groups in total. The zero-order chi connectivity index (χ0) is 23.7. The van der Waals surface area contributed by atoms with Gasteiger partial charge in [-0.15, -0.1) is 5.10 Å². The van der Waals surface area contributed by atoms with Crippen LogP contribution < -0.4 is 15.1 Å². The van der Waals surface area contributed by atoms with Crippen LogP contribution >= 0.6 is 0 Å². The molecule has 174 valence electrons. The number of nitro benzene ring substituents is 1.